The third kappa shape index (κ3) is 51.0. The fourth-order valence-corrected chi connectivity index (χ4v) is 0.510. The van der Waals surface area contributed by atoms with Crippen molar-refractivity contribution in [3.05, 3.63) is 0 Å². The zero-order chi connectivity index (χ0) is 9.66. The summed E-state index contributed by atoms with van der Waals surface area (Å²) >= 11 is 0. The van der Waals surface area contributed by atoms with Crippen LogP contribution in [0.5, 0.6) is 0 Å². The van der Waals surface area contributed by atoms with Crippen molar-refractivity contribution >= 4 is 28.8 Å². The molecule has 0 amide bonds. The second-order valence-electron chi connectivity index (χ2n) is 1.79. The average molecular weight is 251 g/mol. The molecular weight excluding hydrogens is 228 g/mol. The van der Waals surface area contributed by atoms with E-state index in [2.05, 4.69) is 15.6 Å². The van der Waals surface area contributed by atoms with Gasteiger partial charge in [-0.25, -0.2) is 5.90 Å². The SMILES string of the molecule is C1CCOC1.CON.Cl.[BH3-][NH2+]OC.[B].[H-].[Na+]. The number of nitrogens with two attached hydrogens (primary N) is 2. The zero-order valence-electron chi connectivity index (χ0n) is 10.2. The molecule has 4 N–H and O–H groups in total. The van der Waals surface area contributed by atoms with Gasteiger partial charge in [-0.2, -0.15) is 0 Å². The van der Waals surface area contributed by atoms with Gasteiger partial charge in [-0.15, -0.1) is 12.4 Å². The minimum atomic E-state index is 0. The van der Waals surface area contributed by atoms with Gasteiger partial charge in [0.05, 0.1) is 14.2 Å². The van der Waals surface area contributed by atoms with Gasteiger partial charge < -0.3 is 16.4 Å². The molecule has 1 aliphatic heterocycles. The minimum Gasteiger partial charge on any atom is -1.00 e. The summed E-state index contributed by atoms with van der Waals surface area (Å²) in [6.07, 6.45) is 2.56. The summed E-state index contributed by atoms with van der Waals surface area (Å²) in [4.78, 5) is 8.28. The summed E-state index contributed by atoms with van der Waals surface area (Å²) in [6.45, 7) is 2.00. The summed E-state index contributed by atoms with van der Waals surface area (Å²) < 4.78 is 4.94. The van der Waals surface area contributed by atoms with Gasteiger partial charge in [-0.05, 0) is 12.8 Å². The van der Waals surface area contributed by atoms with Crippen molar-refractivity contribution in [3.63, 3.8) is 0 Å². The van der Waals surface area contributed by atoms with E-state index in [9.17, 15) is 0 Å². The standard InChI is InChI=1S/C4H8O.CH8BNO.CH5NO.B.ClH.Na.H/c1-2-4-5-3-1;1-4-3-2;1-3-2;;;;/h1-4H2;3H2,1-2H3;2H2,1H3;;1H;;/q;;;;;+1;-1. The van der Waals surface area contributed by atoms with Gasteiger partial charge in [0, 0.05) is 21.6 Å². The molecule has 0 aliphatic carbocycles. The first kappa shape index (κ1) is 29.8. The van der Waals surface area contributed by atoms with Crippen LogP contribution in [0.1, 0.15) is 14.3 Å². The summed E-state index contributed by atoms with van der Waals surface area (Å²) in [6, 6.07) is 0. The maximum Gasteiger partial charge on any atom is 1.00 e. The van der Waals surface area contributed by atoms with Gasteiger partial charge in [0.15, 0.2) is 7.98 Å². The smallest absolute Gasteiger partial charge is 1.00 e. The van der Waals surface area contributed by atoms with Crippen LogP contribution in [-0.4, -0.2) is 43.8 Å². The van der Waals surface area contributed by atoms with Crippen molar-refractivity contribution in [1.82, 2.24) is 0 Å². The van der Waals surface area contributed by atoms with E-state index in [0.29, 0.717) is 7.98 Å². The molecule has 0 bridgehead atoms. The van der Waals surface area contributed by atoms with Crippen LogP contribution >= 0.6 is 12.4 Å². The molecule has 5 nitrogen and oxygen atoms in total. The van der Waals surface area contributed by atoms with Crippen molar-refractivity contribution in [1.29, 1.82) is 0 Å². The number of ether oxygens (including phenoxy) is 1. The molecule has 1 rings (SSSR count). The van der Waals surface area contributed by atoms with Crippen LogP contribution in [0.4, 0.5) is 0 Å². The van der Waals surface area contributed by atoms with Crippen LogP contribution < -0.4 is 40.8 Å². The Morgan fingerprint density at radius 2 is 1.60 bits per heavy atom. The first-order chi connectivity index (χ1) is 5.83. The Hall–Kier alpha value is 1.22. The van der Waals surface area contributed by atoms with E-state index in [1.807, 2.05) is 5.39 Å². The molecule has 9 heteroatoms. The number of hydrogen-bond donors (Lipinski definition) is 2. The largest absolute Gasteiger partial charge is 1.00 e. The van der Waals surface area contributed by atoms with E-state index in [1.54, 1.807) is 7.11 Å². The molecule has 3 radical (unpaired) electrons. The predicted molar refractivity (Wildman–Crippen MR) is 64.2 cm³/mol. The molecule has 0 aromatic heterocycles. The Labute approximate surface area is 125 Å². The fraction of sp³-hybridized carbons (Fsp3) is 1.00. The van der Waals surface area contributed by atoms with Crippen LogP contribution in [-0.2, 0) is 14.4 Å². The van der Waals surface area contributed by atoms with Crippen molar-refractivity contribution in [2.24, 2.45) is 5.90 Å². The summed E-state index contributed by atoms with van der Waals surface area (Å²) in [5, 5.41) is 1.88. The van der Waals surface area contributed by atoms with Gasteiger partial charge in [0.1, 0.15) is 0 Å². The molecule has 0 atom stereocenters. The normalized spacial score (nSPS) is 11.2. The van der Waals surface area contributed by atoms with Gasteiger partial charge in [0.2, 0.25) is 0 Å². The Bertz CT molecular complexity index is 74.1. The third-order valence-corrected chi connectivity index (χ3v) is 0.827. The van der Waals surface area contributed by atoms with E-state index >= 15 is 0 Å². The second kappa shape index (κ2) is 36.2. The third-order valence-electron chi connectivity index (χ3n) is 0.827. The Morgan fingerprint density at radius 1 is 1.33 bits per heavy atom. The number of hydrogen-bond acceptors (Lipinski definition) is 4. The van der Waals surface area contributed by atoms with E-state index in [4.69, 9.17) is 4.74 Å². The van der Waals surface area contributed by atoms with E-state index in [0.717, 1.165) is 13.2 Å². The molecular formula is C6H23B2ClN2NaO3. The summed E-state index contributed by atoms with van der Waals surface area (Å²) in [7, 11) is 3.50. The molecule has 0 unspecified atom stereocenters. The van der Waals surface area contributed by atoms with Gasteiger partial charge >= 0.3 is 29.6 Å². The minimum absolute atomic E-state index is 0. The first-order valence-corrected chi connectivity index (χ1v) is 3.37. The van der Waals surface area contributed by atoms with Crippen LogP contribution in [0.3, 0.4) is 0 Å². The van der Waals surface area contributed by atoms with Gasteiger partial charge in [0.25, 0.3) is 0 Å². The first-order valence-electron chi connectivity index (χ1n) is 3.37. The van der Waals surface area contributed by atoms with Gasteiger partial charge in [-0.1, -0.05) is 0 Å². The maximum absolute atomic E-state index is 4.94. The molecule has 0 aromatic rings. The van der Waals surface area contributed by atoms with Crippen molar-refractivity contribution < 1.29 is 50.8 Å². The monoisotopic (exact) mass is 251 g/mol. The Balaban J connectivity index is -0.0000000215. The summed E-state index contributed by atoms with van der Waals surface area (Å²) in [5.41, 5.74) is 0. The second-order valence-corrected chi connectivity index (χ2v) is 1.79. The van der Waals surface area contributed by atoms with Crippen LogP contribution in [0, 0.1) is 0 Å². The fourth-order valence-electron chi connectivity index (χ4n) is 0.510. The molecule has 1 fully saturated rings. The molecule has 1 heterocycles. The van der Waals surface area contributed by atoms with Crippen LogP contribution in [0.2, 0.25) is 0 Å². The van der Waals surface area contributed by atoms with Crippen molar-refractivity contribution in [3.8, 4) is 0 Å². The molecule has 0 spiro atoms. The Kier molecular flexibility index (Phi) is 72.0. The zero-order valence-corrected chi connectivity index (χ0v) is 12.0. The van der Waals surface area contributed by atoms with Crippen molar-refractivity contribution in [2.75, 3.05) is 27.4 Å². The molecule has 89 valence electrons. The van der Waals surface area contributed by atoms with Crippen molar-refractivity contribution in [2.45, 2.75) is 12.8 Å². The number of rotatable bonds is 1. The average Bonchev–Trinajstić information content (AvgIpc) is 2.62. The topological polar surface area (TPSA) is 70.3 Å². The quantitative estimate of drug-likeness (QED) is 0.361. The van der Waals surface area contributed by atoms with Crippen LogP contribution in [0.15, 0.2) is 0 Å². The van der Waals surface area contributed by atoms with Crippen LogP contribution in [0.25, 0.3) is 0 Å². The Morgan fingerprint density at radius 3 is 1.67 bits per heavy atom. The molecule has 1 saturated heterocycles. The molecule has 15 heavy (non-hydrogen) atoms. The molecule has 0 saturated carbocycles. The molecule has 1 aliphatic rings. The summed E-state index contributed by atoms with van der Waals surface area (Å²) in [5.74, 6) is 4.35. The number of quaternary nitrogens is 1. The van der Waals surface area contributed by atoms with E-state index in [1.165, 1.54) is 20.0 Å². The van der Waals surface area contributed by atoms with E-state index < -0.39 is 0 Å². The van der Waals surface area contributed by atoms with E-state index in [-0.39, 0.29) is 51.8 Å². The van der Waals surface area contributed by atoms with Gasteiger partial charge in [-0.3, -0.25) is 4.84 Å². The number of halogens is 1. The molecule has 0 aromatic carbocycles. The maximum atomic E-state index is 4.94. The predicted octanol–water partition coefficient (Wildman–Crippen LogP) is -5.15.